The maximum atomic E-state index is 12.3. The van der Waals surface area contributed by atoms with Gasteiger partial charge in [-0.2, -0.15) is 0 Å². The molecule has 6 heteroatoms. The zero-order valence-corrected chi connectivity index (χ0v) is 15.9. The molecule has 0 radical (unpaired) electrons. The summed E-state index contributed by atoms with van der Waals surface area (Å²) >= 11 is 0. The molecule has 2 N–H and O–H groups in total. The van der Waals surface area contributed by atoms with Gasteiger partial charge in [-0.05, 0) is 37.0 Å². The zero-order valence-electron chi connectivity index (χ0n) is 15.9. The average Bonchev–Trinajstić information content (AvgIpc) is 3.43. The van der Waals surface area contributed by atoms with Gasteiger partial charge in [-0.25, -0.2) is 0 Å². The Labute approximate surface area is 154 Å². The molecule has 3 rings (SSSR count). The van der Waals surface area contributed by atoms with Gasteiger partial charge >= 0.3 is 11.9 Å². The number of carboxylic acid groups (broad SMARTS) is 2. The van der Waals surface area contributed by atoms with Crippen LogP contribution in [0.5, 0.6) is 0 Å². The molecule has 26 heavy (non-hydrogen) atoms. The van der Waals surface area contributed by atoms with Crippen LogP contribution in [0.25, 0.3) is 0 Å². The lowest BCUT2D eigenvalue weighted by Crippen LogP contribution is -2.43. The first-order chi connectivity index (χ1) is 12.2. The minimum absolute atomic E-state index is 0.0284. The van der Waals surface area contributed by atoms with Crippen molar-refractivity contribution in [2.45, 2.75) is 71.4 Å². The Bertz CT molecular complexity index is 597. The number of hydrogen-bond donors (Lipinski definition) is 2. The van der Waals surface area contributed by atoms with Crippen LogP contribution in [-0.2, 0) is 19.1 Å². The smallest absolute Gasteiger partial charge is 0.313 e. The molecule has 0 amide bonds. The second kappa shape index (κ2) is 6.97. The number of carboxylic acids is 2. The molecular weight excluding hydrogens is 336 g/mol. The number of aliphatic carboxylic acids is 2. The second-order valence-electron chi connectivity index (χ2n) is 8.79. The van der Waals surface area contributed by atoms with Crippen LogP contribution in [-0.4, -0.2) is 46.6 Å². The first-order valence-electron chi connectivity index (χ1n) is 9.62. The van der Waals surface area contributed by atoms with Crippen molar-refractivity contribution in [1.82, 2.24) is 0 Å². The third kappa shape index (κ3) is 3.67. The predicted molar refractivity (Wildman–Crippen MR) is 94.7 cm³/mol. The van der Waals surface area contributed by atoms with Crippen LogP contribution in [0.15, 0.2) is 12.2 Å². The molecule has 7 atom stereocenters. The van der Waals surface area contributed by atoms with Crippen LogP contribution in [0.4, 0.5) is 0 Å². The van der Waals surface area contributed by atoms with Crippen LogP contribution in [0, 0.1) is 29.1 Å². The first kappa shape index (κ1) is 19.4. The summed E-state index contributed by atoms with van der Waals surface area (Å²) in [5.74, 6) is -1.96. The minimum atomic E-state index is -1.08. The van der Waals surface area contributed by atoms with Crippen LogP contribution in [0.1, 0.15) is 47.0 Å². The fourth-order valence-corrected chi connectivity index (χ4v) is 4.53. The molecule has 2 fully saturated rings. The van der Waals surface area contributed by atoms with E-state index < -0.39 is 23.3 Å². The van der Waals surface area contributed by atoms with Crippen LogP contribution in [0.2, 0.25) is 0 Å². The molecule has 146 valence electrons. The molecule has 0 saturated carbocycles. The normalized spacial score (nSPS) is 41.5. The van der Waals surface area contributed by atoms with Gasteiger partial charge in [0.25, 0.3) is 0 Å². The maximum Gasteiger partial charge on any atom is 0.313 e. The Hall–Kier alpha value is -1.40. The van der Waals surface area contributed by atoms with Crippen molar-refractivity contribution in [2.24, 2.45) is 29.1 Å². The van der Waals surface area contributed by atoms with Gasteiger partial charge in [0.1, 0.15) is 0 Å². The van der Waals surface area contributed by atoms with Gasteiger partial charge in [-0.1, -0.05) is 39.8 Å². The van der Waals surface area contributed by atoms with Gasteiger partial charge in [0.2, 0.25) is 0 Å². The van der Waals surface area contributed by atoms with Gasteiger partial charge in [0.15, 0.2) is 0 Å². The summed E-state index contributed by atoms with van der Waals surface area (Å²) in [6.07, 6.45) is 4.72. The number of carbonyl (C=O) groups is 2. The summed E-state index contributed by atoms with van der Waals surface area (Å²) in [5, 5.41) is 19.5. The predicted octanol–water partition coefficient (Wildman–Crippen LogP) is 2.96. The third-order valence-electron chi connectivity index (χ3n) is 6.22. The van der Waals surface area contributed by atoms with Gasteiger partial charge in [-0.15, -0.1) is 0 Å². The Morgan fingerprint density at radius 2 is 1.65 bits per heavy atom. The molecule has 3 aliphatic rings. The number of hydrogen-bond acceptors (Lipinski definition) is 4. The molecule has 0 aromatic rings. The monoisotopic (exact) mass is 366 g/mol. The van der Waals surface area contributed by atoms with E-state index in [1.165, 1.54) is 0 Å². The molecule has 7 unspecified atom stereocenters. The van der Waals surface area contributed by atoms with Crippen molar-refractivity contribution in [1.29, 1.82) is 0 Å². The first-order valence-corrected chi connectivity index (χ1v) is 9.62. The lowest BCUT2D eigenvalue weighted by molar-refractivity contribution is -0.153. The fourth-order valence-electron chi connectivity index (χ4n) is 4.53. The van der Waals surface area contributed by atoms with Crippen molar-refractivity contribution in [3.8, 4) is 0 Å². The number of epoxide rings is 2. The molecule has 0 bridgehead atoms. The van der Waals surface area contributed by atoms with Gasteiger partial charge in [0, 0.05) is 0 Å². The molecule has 1 aliphatic carbocycles. The van der Waals surface area contributed by atoms with Crippen molar-refractivity contribution in [3.63, 3.8) is 0 Å². The van der Waals surface area contributed by atoms with Gasteiger partial charge in [0.05, 0.1) is 35.7 Å². The van der Waals surface area contributed by atoms with Gasteiger partial charge in [-0.3, -0.25) is 9.59 Å². The molecule has 0 aromatic heterocycles. The van der Waals surface area contributed by atoms with Crippen molar-refractivity contribution < 1.29 is 29.3 Å². The van der Waals surface area contributed by atoms with Crippen LogP contribution in [0.3, 0.4) is 0 Å². The lowest BCUT2D eigenvalue weighted by Gasteiger charge is -2.39. The van der Waals surface area contributed by atoms with E-state index in [0.29, 0.717) is 31.1 Å². The van der Waals surface area contributed by atoms with Crippen LogP contribution < -0.4 is 0 Å². The highest BCUT2D eigenvalue weighted by Crippen LogP contribution is 2.51. The standard InChI is InChI=1S/C20H30O6/c1-10(2)16-14(25-16)8-13-7-12(18(21)22)5-6-20(13,19(23)24)9-15-17(26-15)11(3)4/h5-6,10-17H,7-9H2,1-4H3,(H,21,22)(H,23,24). The molecule has 2 aliphatic heterocycles. The Kier molecular flexibility index (Phi) is 5.19. The van der Waals surface area contributed by atoms with Crippen LogP contribution >= 0.6 is 0 Å². The van der Waals surface area contributed by atoms with Crippen molar-refractivity contribution in [3.05, 3.63) is 12.2 Å². The third-order valence-corrected chi connectivity index (χ3v) is 6.22. The summed E-state index contributed by atoms with van der Waals surface area (Å²) in [4.78, 5) is 23.8. The highest BCUT2D eigenvalue weighted by Gasteiger charge is 2.56. The Morgan fingerprint density at radius 3 is 2.12 bits per heavy atom. The van der Waals surface area contributed by atoms with E-state index in [1.54, 1.807) is 12.2 Å². The summed E-state index contributed by atoms with van der Waals surface area (Å²) in [6, 6.07) is 0. The van der Waals surface area contributed by atoms with Gasteiger partial charge < -0.3 is 19.7 Å². The highest BCUT2D eigenvalue weighted by molar-refractivity contribution is 5.80. The summed E-state index contributed by atoms with van der Waals surface area (Å²) in [5.41, 5.74) is -1.08. The molecule has 2 heterocycles. The molecule has 0 aromatic carbocycles. The van der Waals surface area contributed by atoms with E-state index in [2.05, 4.69) is 27.7 Å². The molecule has 0 spiro atoms. The van der Waals surface area contributed by atoms with E-state index in [9.17, 15) is 19.8 Å². The number of ether oxygens (including phenoxy) is 2. The summed E-state index contributed by atoms with van der Waals surface area (Å²) < 4.78 is 11.4. The van der Waals surface area contributed by atoms with Crippen molar-refractivity contribution in [2.75, 3.05) is 0 Å². The largest absolute Gasteiger partial charge is 0.481 e. The SMILES string of the molecule is CC(C)C1OC1CC1CC(C(=O)O)C=CC1(CC1OC1C(C)C)C(=O)O. The average molecular weight is 366 g/mol. The molecule has 6 nitrogen and oxygen atoms in total. The fraction of sp³-hybridized carbons (Fsp3) is 0.800. The summed E-state index contributed by atoms with van der Waals surface area (Å²) in [7, 11) is 0. The van der Waals surface area contributed by atoms with E-state index in [-0.39, 0.29) is 30.3 Å². The quantitative estimate of drug-likeness (QED) is 0.506. The minimum Gasteiger partial charge on any atom is -0.481 e. The van der Waals surface area contributed by atoms with E-state index >= 15 is 0 Å². The highest BCUT2D eigenvalue weighted by atomic mass is 16.6. The maximum absolute atomic E-state index is 12.3. The van der Waals surface area contributed by atoms with E-state index in [1.807, 2.05) is 0 Å². The topological polar surface area (TPSA) is 99.7 Å². The van der Waals surface area contributed by atoms with Crippen molar-refractivity contribution >= 4 is 11.9 Å². The molecule has 2 saturated heterocycles. The Balaban J connectivity index is 1.81. The Morgan fingerprint density at radius 1 is 1.08 bits per heavy atom. The second-order valence-corrected chi connectivity index (χ2v) is 8.79. The number of rotatable bonds is 8. The van der Waals surface area contributed by atoms with E-state index in [4.69, 9.17) is 9.47 Å². The molecular formula is C20H30O6. The lowest BCUT2D eigenvalue weighted by atomic mass is 9.63. The summed E-state index contributed by atoms with van der Waals surface area (Å²) in [6.45, 7) is 8.30. The van der Waals surface area contributed by atoms with E-state index in [0.717, 1.165) is 0 Å². The zero-order chi connectivity index (χ0) is 19.2.